The average molecular weight is 522 g/mol. The van der Waals surface area contributed by atoms with Crippen molar-refractivity contribution >= 4 is 39.2 Å². The molecule has 1 unspecified atom stereocenters. The number of likely N-dealkylation sites (tertiary alicyclic amines) is 1. The van der Waals surface area contributed by atoms with Crippen molar-refractivity contribution in [3.63, 3.8) is 0 Å². The van der Waals surface area contributed by atoms with Crippen molar-refractivity contribution in [3.8, 4) is 0 Å². The van der Waals surface area contributed by atoms with Crippen LogP contribution in [0.3, 0.4) is 0 Å². The number of carbonyl (C=O) groups excluding carboxylic acids is 2. The predicted octanol–water partition coefficient (Wildman–Crippen LogP) is 4.79. The van der Waals surface area contributed by atoms with E-state index in [-0.39, 0.29) is 11.7 Å². The van der Waals surface area contributed by atoms with Crippen LogP contribution in [0.15, 0.2) is 42.6 Å². The van der Waals surface area contributed by atoms with Crippen LogP contribution >= 0.6 is 11.3 Å². The number of aromatic nitrogens is 1. The minimum Gasteiger partial charge on any atom is -0.475 e. The van der Waals surface area contributed by atoms with Crippen molar-refractivity contribution in [3.05, 3.63) is 64.2 Å². The maximum absolute atomic E-state index is 13.2. The highest BCUT2D eigenvalue weighted by atomic mass is 32.1. The SMILES string of the molecule is CC(=O)c1cnc2sc(C(=O)N3CCC(N(C)Cc4ccccc4)C3)c(C)c2c1.O=C(O)C(F)(F)F. The normalized spacial score (nSPS) is 15.6. The van der Waals surface area contributed by atoms with Gasteiger partial charge in [-0.3, -0.25) is 14.5 Å². The Morgan fingerprint density at radius 2 is 1.86 bits per heavy atom. The number of Topliss-reactive ketones (excluding diaryl/α,β-unsaturated/α-hetero) is 1. The molecule has 4 rings (SSSR count). The summed E-state index contributed by atoms with van der Waals surface area (Å²) in [6.07, 6.45) is -2.51. The van der Waals surface area contributed by atoms with Gasteiger partial charge in [0.15, 0.2) is 5.78 Å². The molecule has 0 radical (unpaired) electrons. The number of aliphatic carboxylic acids is 1. The van der Waals surface area contributed by atoms with E-state index in [4.69, 9.17) is 9.90 Å². The number of carbonyl (C=O) groups is 3. The number of amides is 1. The van der Waals surface area contributed by atoms with Crippen molar-refractivity contribution in [1.82, 2.24) is 14.8 Å². The van der Waals surface area contributed by atoms with Gasteiger partial charge in [0.2, 0.25) is 0 Å². The molecule has 192 valence electrons. The van der Waals surface area contributed by atoms with Gasteiger partial charge in [0.05, 0.1) is 4.88 Å². The molecule has 1 fully saturated rings. The molecular weight excluding hydrogens is 495 g/mol. The first-order chi connectivity index (χ1) is 16.9. The molecule has 3 aromatic rings. The number of pyridine rings is 1. The van der Waals surface area contributed by atoms with Crippen LogP contribution in [-0.2, 0) is 11.3 Å². The van der Waals surface area contributed by atoms with E-state index < -0.39 is 12.1 Å². The van der Waals surface area contributed by atoms with Gasteiger partial charge in [0.25, 0.3) is 5.91 Å². The van der Waals surface area contributed by atoms with Crippen LogP contribution in [0, 0.1) is 6.92 Å². The van der Waals surface area contributed by atoms with Gasteiger partial charge in [0.1, 0.15) is 4.83 Å². The maximum atomic E-state index is 13.2. The number of carboxylic acids is 1. The Morgan fingerprint density at radius 3 is 2.44 bits per heavy atom. The molecule has 7 nitrogen and oxygen atoms in total. The number of rotatable bonds is 5. The molecule has 1 aliphatic heterocycles. The number of likely N-dealkylation sites (N-methyl/N-ethyl adjacent to an activating group) is 1. The van der Waals surface area contributed by atoms with E-state index in [9.17, 15) is 22.8 Å². The van der Waals surface area contributed by atoms with Crippen LogP contribution in [0.4, 0.5) is 13.2 Å². The molecule has 0 saturated carbocycles. The largest absolute Gasteiger partial charge is 0.490 e. The summed E-state index contributed by atoms with van der Waals surface area (Å²) in [5.74, 6) is -2.69. The molecule has 0 spiro atoms. The fraction of sp³-hybridized carbons (Fsp3) is 0.360. The molecule has 1 amide bonds. The number of nitrogens with zero attached hydrogens (tertiary/aromatic N) is 3. The van der Waals surface area contributed by atoms with Crippen LogP contribution in [0.2, 0.25) is 0 Å². The van der Waals surface area contributed by atoms with Gasteiger partial charge in [-0.25, -0.2) is 9.78 Å². The molecule has 11 heteroatoms. The second-order valence-electron chi connectivity index (χ2n) is 8.59. The van der Waals surface area contributed by atoms with Crippen LogP contribution in [0.5, 0.6) is 0 Å². The van der Waals surface area contributed by atoms with Gasteiger partial charge >= 0.3 is 12.1 Å². The Kier molecular flexibility index (Phi) is 8.47. The Balaban J connectivity index is 0.000000454. The van der Waals surface area contributed by atoms with Crippen LogP contribution in [0.1, 0.15) is 44.5 Å². The zero-order valence-electron chi connectivity index (χ0n) is 20.0. The van der Waals surface area contributed by atoms with Crippen molar-refractivity contribution < 1.29 is 32.7 Å². The Bertz CT molecular complexity index is 1260. The number of fused-ring (bicyclic) bond motifs is 1. The molecule has 1 N–H and O–H groups in total. The summed E-state index contributed by atoms with van der Waals surface area (Å²) >= 11 is 1.42. The lowest BCUT2D eigenvalue weighted by atomic mass is 10.1. The van der Waals surface area contributed by atoms with Crippen LogP contribution < -0.4 is 0 Å². The van der Waals surface area contributed by atoms with E-state index in [0.29, 0.717) is 11.6 Å². The average Bonchev–Trinajstić information content (AvgIpc) is 3.44. The number of carboxylic acid groups (broad SMARTS) is 1. The number of ketones is 1. The highest BCUT2D eigenvalue weighted by Crippen LogP contribution is 2.32. The van der Waals surface area contributed by atoms with Gasteiger partial charge in [-0.2, -0.15) is 13.2 Å². The van der Waals surface area contributed by atoms with Crippen molar-refractivity contribution in [2.24, 2.45) is 0 Å². The van der Waals surface area contributed by atoms with Gasteiger partial charge < -0.3 is 10.0 Å². The summed E-state index contributed by atoms with van der Waals surface area (Å²) in [6.45, 7) is 5.87. The van der Waals surface area contributed by atoms with Gasteiger partial charge in [-0.05, 0) is 44.5 Å². The zero-order chi connectivity index (χ0) is 26.6. The number of hydrogen-bond donors (Lipinski definition) is 1. The minimum absolute atomic E-state index is 0.0123. The second-order valence-corrected chi connectivity index (χ2v) is 9.59. The molecule has 1 saturated heterocycles. The zero-order valence-corrected chi connectivity index (χ0v) is 20.8. The quantitative estimate of drug-likeness (QED) is 0.486. The van der Waals surface area contributed by atoms with Crippen molar-refractivity contribution in [2.75, 3.05) is 20.1 Å². The molecule has 1 aromatic carbocycles. The molecule has 36 heavy (non-hydrogen) atoms. The van der Waals surface area contributed by atoms with E-state index in [1.165, 1.54) is 23.8 Å². The van der Waals surface area contributed by atoms with E-state index in [1.54, 1.807) is 6.20 Å². The van der Waals surface area contributed by atoms with Gasteiger partial charge in [0, 0.05) is 42.8 Å². The monoisotopic (exact) mass is 521 g/mol. The van der Waals surface area contributed by atoms with E-state index in [2.05, 4.69) is 41.2 Å². The summed E-state index contributed by atoms with van der Waals surface area (Å²) in [5, 5.41) is 8.03. The number of aryl methyl sites for hydroxylation is 1. The van der Waals surface area contributed by atoms with Crippen molar-refractivity contribution in [1.29, 1.82) is 0 Å². The Hall–Kier alpha value is -3.31. The first-order valence-electron chi connectivity index (χ1n) is 11.1. The number of alkyl halides is 3. The Morgan fingerprint density at radius 1 is 1.22 bits per heavy atom. The smallest absolute Gasteiger partial charge is 0.475 e. The molecular formula is C25H26F3N3O4S. The van der Waals surface area contributed by atoms with E-state index in [0.717, 1.165) is 46.7 Å². The highest BCUT2D eigenvalue weighted by molar-refractivity contribution is 7.20. The van der Waals surface area contributed by atoms with E-state index >= 15 is 0 Å². The summed E-state index contributed by atoms with van der Waals surface area (Å²) in [7, 11) is 2.13. The molecule has 0 aliphatic carbocycles. The third-order valence-electron chi connectivity index (χ3n) is 5.99. The third-order valence-corrected chi connectivity index (χ3v) is 7.19. The van der Waals surface area contributed by atoms with Crippen LogP contribution in [-0.4, -0.2) is 69.9 Å². The standard InChI is InChI=1S/C23H25N3O2S.C2HF3O2/c1-15-20-11-18(16(2)27)12-24-22(20)29-21(15)23(28)26-10-9-19(14-26)25(3)13-17-7-5-4-6-8-17;3-2(4,5)1(6)7/h4-8,11-12,19H,9-10,13-14H2,1-3H3;(H,6,7). The summed E-state index contributed by atoms with van der Waals surface area (Å²) in [4.78, 5) is 44.0. The molecule has 3 heterocycles. The summed E-state index contributed by atoms with van der Waals surface area (Å²) in [6, 6.07) is 12.6. The molecule has 1 atom stereocenters. The fourth-order valence-electron chi connectivity index (χ4n) is 3.92. The first-order valence-corrected chi connectivity index (χ1v) is 11.9. The predicted molar refractivity (Wildman–Crippen MR) is 130 cm³/mol. The summed E-state index contributed by atoms with van der Waals surface area (Å²) < 4.78 is 31.7. The maximum Gasteiger partial charge on any atom is 0.490 e. The van der Waals surface area contributed by atoms with Crippen molar-refractivity contribution in [2.45, 2.75) is 39.0 Å². The fourth-order valence-corrected chi connectivity index (χ4v) is 5.02. The molecule has 1 aliphatic rings. The first kappa shape index (κ1) is 27.3. The highest BCUT2D eigenvalue weighted by Gasteiger charge is 2.38. The molecule has 0 bridgehead atoms. The van der Waals surface area contributed by atoms with Crippen LogP contribution in [0.25, 0.3) is 10.2 Å². The van der Waals surface area contributed by atoms with Gasteiger partial charge in [-0.1, -0.05) is 30.3 Å². The summed E-state index contributed by atoms with van der Waals surface area (Å²) in [5.41, 5.74) is 2.79. The number of halogens is 3. The number of thiophene rings is 1. The Labute approximate surface area is 210 Å². The third kappa shape index (κ3) is 6.46. The second kappa shape index (κ2) is 11.2. The lowest BCUT2D eigenvalue weighted by Crippen LogP contribution is -2.36. The van der Waals surface area contributed by atoms with Gasteiger partial charge in [-0.15, -0.1) is 11.3 Å². The van der Waals surface area contributed by atoms with E-state index in [1.807, 2.05) is 24.0 Å². The molecule has 2 aromatic heterocycles. The number of benzene rings is 1. The number of hydrogen-bond acceptors (Lipinski definition) is 6. The topological polar surface area (TPSA) is 90.8 Å². The lowest BCUT2D eigenvalue weighted by Gasteiger charge is -2.24. The minimum atomic E-state index is -5.08. The lowest BCUT2D eigenvalue weighted by molar-refractivity contribution is -0.192.